The van der Waals surface area contributed by atoms with E-state index in [1.54, 1.807) is 0 Å². The molecule has 0 aliphatic rings. The highest BCUT2D eigenvalue weighted by molar-refractivity contribution is 7.27. The zero-order valence-corrected chi connectivity index (χ0v) is 25.0. The molecule has 0 fully saturated rings. The zero-order valence-electron chi connectivity index (χ0n) is 24.2. The number of rotatable bonds is 4. The lowest BCUT2D eigenvalue weighted by Gasteiger charge is -2.13. The number of fused-ring (bicyclic) bond motifs is 7. The van der Waals surface area contributed by atoms with Crippen molar-refractivity contribution in [2.45, 2.75) is 0 Å². The van der Waals surface area contributed by atoms with Gasteiger partial charge < -0.3 is 0 Å². The first-order valence-corrected chi connectivity index (χ1v) is 15.9. The van der Waals surface area contributed by atoms with Crippen LogP contribution in [0.25, 0.3) is 87.0 Å². The molecule has 2 heterocycles. The molecule has 2 aromatic heterocycles. The minimum Gasteiger partial charge on any atom is -0.208 e. The van der Waals surface area contributed by atoms with Crippen LogP contribution >= 0.6 is 11.3 Å². The van der Waals surface area contributed by atoms with E-state index in [1.165, 1.54) is 47.5 Å². The van der Waals surface area contributed by atoms with Gasteiger partial charge in [0.15, 0.2) is 17.5 Å². The fourth-order valence-electron chi connectivity index (χ4n) is 6.39. The molecule has 9 rings (SSSR count). The third-order valence-corrected chi connectivity index (χ3v) is 9.79. The standard InChI is InChI=1S/C41H25N3S/c1-4-13-26(14-5-1)31-21-12-22-33-34-25-35(32-24-23-27-15-10-11-20-30(27)36(32)38(34)45-37(31)33)41-43-39(28-16-6-2-7-17-28)42-40(44-41)29-18-8-3-9-19-29/h1-25H. The van der Waals surface area contributed by atoms with E-state index in [2.05, 4.69) is 115 Å². The van der Waals surface area contributed by atoms with Gasteiger partial charge in [0.2, 0.25) is 0 Å². The van der Waals surface area contributed by atoms with Crippen LogP contribution in [0.15, 0.2) is 152 Å². The summed E-state index contributed by atoms with van der Waals surface area (Å²) in [7, 11) is 0. The maximum atomic E-state index is 5.15. The Kier molecular flexibility index (Phi) is 6.00. The number of benzene rings is 7. The molecule has 0 bridgehead atoms. The molecular formula is C41H25N3S. The summed E-state index contributed by atoms with van der Waals surface area (Å²) in [5.41, 5.74) is 5.40. The van der Waals surface area contributed by atoms with Crippen LogP contribution in [-0.2, 0) is 0 Å². The minimum atomic E-state index is 0.662. The van der Waals surface area contributed by atoms with Gasteiger partial charge in [0.1, 0.15) is 0 Å². The first-order chi connectivity index (χ1) is 22.3. The summed E-state index contributed by atoms with van der Waals surface area (Å²) >= 11 is 1.88. The van der Waals surface area contributed by atoms with Crippen LogP contribution in [-0.4, -0.2) is 15.0 Å². The van der Waals surface area contributed by atoms with Gasteiger partial charge in [-0.25, -0.2) is 15.0 Å². The summed E-state index contributed by atoms with van der Waals surface area (Å²) in [5.74, 6) is 1.99. The highest BCUT2D eigenvalue weighted by Crippen LogP contribution is 2.47. The van der Waals surface area contributed by atoms with Gasteiger partial charge in [-0.15, -0.1) is 11.3 Å². The Bertz CT molecular complexity index is 2460. The molecule has 0 saturated heterocycles. The van der Waals surface area contributed by atoms with Crippen LogP contribution in [0, 0.1) is 0 Å². The molecule has 0 atom stereocenters. The normalized spacial score (nSPS) is 11.6. The summed E-state index contributed by atoms with van der Waals surface area (Å²) < 4.78 is 2.57. The number of hydrogen-bond acceptors (Lipinski definition) is 4. The molecule has 4 heteroatoms. The van der Waals surface area contributed by atoms with E-state index in [4.69, 9.17) is 15.0 Å². The fraction of sp³-hybridized carbons (Fsp3) is 0. The summed E-state index contributed by atoms with van der Waals surface area (Å²) in [6.07, 6.45) is 0. The SMILES string of the molecule is c1ccc(-c2nc(-c3ccccc3)nc(-c3cc4c5cccc(-c6ccccc6)c5sc4c4c3ccc3ccccc34)n2)cc1. The molecule has 7 aromatic carbocycles. The summed E-state index contributed by atoms with van der Waals surface area (Å²) in [5, 5.41) is 7.29. The average Bonchev–Trinajstić information content (AvgIpc) is 3.51. The van der Waals surface area contributed by atoms with E-state index in [9.17, 15) is 0 Å². The molecule has 210 valence electrons. The lowest BCUT2D eigenvalue weighted by atomic mass is 9.95. The lowest BCUT2D eigenvalue weighted by Crippen LogP contribution is -2.00. The predicted octanol–water partition coefficient (Wildman–Crippen LogP) is 11.2. The number of aromatic nitrogens is 3. The van der Waals surface area contributed by atoms with Crippen molar-refractivity contribution in [3.8, 4) is 45.3 Å². The number of thiophene rings is 1. The maximum Gasteiger partial charge on any atom is 0.164 e. The minimum absolute atomic E-state index is 0.662. The Morgan fingerprint density at radius 3 is 1.62 bits per heavy atom. The molecule has 0 aliphatic carbocycles. The smallest absolute Gasteiger partial charge is 0.164 e. The van der Waals surface area contributed by atoms with E-state index in [0.29, 0.717) is 17.5 Å². The van der Waals surface area contributed by atoms with Crippen molar-refractivity contribution in [3.63, 3.8) is 0 Å². The van der Waals surface area contributed by atoms with Gasteiger partial charge in [0.25, 0.3) is 0 Å². The molecule has 45 heavy (non-hydrogen) atoms. The van der Waals surface area contributed by atoms with Gasteiger partial charge in [-0.3, -0.25) is 0 Å². The Morgan fingerprint density at radius 1 is 0.356 bits per heavy atom. The monoisotopic (exact) mass is 591 g/mol. The molecule has 9 aromatic rings. The topological polar surface area (TPSA) is 38.7 Å². The van der Waals surface area contributed by atoms with E-state index < -0.39 is 0 Å². The molecule has 0 amide bonds. The van der Waals surface area contributed by atoms with E-state index >= 15 is 0 Å². The second-order valence-corrected chi connectivity index (χ2v) is 12.2. The van der Waals surface area contributed by atoms with Crippen molar-refractivity contribution in [1.82, 2.24) is 15.0 Å². The highest BCUT2D eigenvalue weighted by atomic mass is 32.1. The summed E-state index contributed by atoms with van der Waals surface area (Å²) in [6.45, 7) is 0. The van der Waals surface area contributed by atoms with Crippen molar-refractivity contribution in [2.75, 3.05) is 0 Å². The van der Waals surface area contributed by atoms with Crippen molar-refractivity contribution < 1.29 is 0 Å². The van der Waals surface area contributed by atoms with Gasteiger partial charge in [0.05, 0.1) is 0 Å². The van der Waals surface area contributed by atoms with Crippen LogP contribution in [0.2, 0.25) is 0 Å². The zero-order chi connectivity index (χ0) is 29.7. The summed E-state index contributed by atoms with van der Waals surface area (Å²) in [4.78, 5) is 15.3. The molecule has 0 saturated carbocycles. The Morgan fingerprint density at radius 2 is 0.933 bits per heavy atom. The van der Waals surface area contributed by atoms with Crippen LogP contribution < -0.4 is 0 Å². The van der Waals surface area contributed by atoms with Gasteiger partial charge in [0, 0.05) is 42.2 Å². The lowest BCUT2D eigenvalue weighted by molar-refractivity contribution is 1.08. The average molecular weight is 592 g/mol. The number of nitrogens with zero attached hydrogens (tertiary/aromatic N) is 3. The summed E-state index contributed by atoms with van der Waals surface area (Å²) in [6, 6.07) is 53.1. The Hall–Kier alpha value is -5.71. The van der Waals surface area contributed by atoms with Crippen LogP contribution in [0.3, 0.4) is 0 Å². The van der Waals surface area contributed by atoms with Crippen LogP contribution in [0.4, 0.5) is 0 Å². The first kappa shape index (κ1) is 25.8. The molecule has 0 N–H and O–H groups in total. The molecule has 0 unspecified atom stereocenters. The first-order valence-electron chi connectivity index (χ1n) is 15.0. The Labute approximate surface area is 264 Å². The van der Waals surface area contributed by atoms with Crippen molar-refractivity contribution in [1.29, 1.82) is 0 Å². The van der Waals surface area contributed by atoms with Gasteiger partial charge in [-0.1, -0.05) is 146 Å². The van der Waals surface area contributed by atoms with E-state index in [0.717, 1.165) is 22.1 Å². The van der Waals surface area contributed by atoms with Gasteiger partial charge >= 0.3 is 0 Å². The van der Waals surface area contributed by atoms with Crippen molar-refractivity contribution in [3.05, 3.63) is 152 Å². The molecule has 0 radical (unpaired) electrons. The molecule has 3 nitrogen and oxygen atoms in total. The van der Waals surface area contributed by atoms with Crippen molar-refractivity contribution in [2.24, 2.45) is 0 Å². The highest BCUT2D eigenvalue weighted by Gasteiger charge is 2.20. The van der Waals surface area contributed by atoms with Gasteiger partial charge in [-0.2, -0.15) is 0 Å². The van der Waals surface area contributed by atoms with Crippen molar-refractivity contribution >= 4 is 53.1 Å². The quantitative estimate of drug-likeness (QED) is 0.191. The third kappa shape index (κ3) is 4.30. The van der Waals surface area contributed by atoms with E-state index in [1.807, 2.05) is 47.7 Å². The predicted molar refractivity (Wildman–Crippen MR) is 189 cm³/mol. The largest absolute Gasteiger partial charge is 0.208 e. The second-order valence-electron chi connectivity index (χ2n) is 11.2. The van der Waals surface area contributed by atoms with Gasteiger partial charge in [-0.05, 0) is 33.4 Å². The maximum absolute atomic E-state index is 5.15. The molecular weight excluding hydrogens is 567 g/mol. The Balaban J connectivity index is 1.41. The number of hydrogen-bond donors (Lipinski definition) is 0. The van der Waals surface area contributed by atoms with Crippen LogP contribution in [0.1, 0.15) is 0 Å². The van der Waals surface area contributed by atoms with Crippen LogP contribution in [0.5, 0.6) is 0 Å². The fourth-order valence-corrected chi connectivity index (χ4v) is 7.78. The second kappa shape index (κ2) is 10.5. The van der Waals surface area contributed by atoms with E-state index in [-0.39, 0.29) is 0 Å². The molecule has 0 aliphatic heterocycles. The molecule has 0 spiro atoms. The third-order valence-electron chi connectivity index (χ3n) is 8.51.